The van der Waals surface area contributed by atoms with Gasteiger partial charge in [-0.1, -0.05) is 0 Å². The fourth-order valence-electron chi connectivity index (χ4n) is 2.93. The van der Waals surface area contributed by atoms with Crippen LogP contribution in [0.1, 0.15) is 24.1 Å². The summed E-state index contributed by atoms with van der Waals surface area (Å²) in [6.45, 7) is 4.47. The highest BCUT2D eigenvalue weighted by molar-refractivity contribution is 5.88. The Hall–Kier alpha value is -1.68. The van der Waals surface area contributed by atoms with Crippen LogP contribution in [0.15, 0.2) is 12.1 Å². The van der Waals surface area contributed by atoms with Gasteiger partial charge in [-0.2, -0.15) is 0 Å². The first-order chi connectivity index (χ1) is 9.81. The Morgan fingerprint density at radius 2 is 1.95 bits per heavy atom. The summed E-state index contributed by atoms with van der Waals surface area (Å²) in [5, 5.41) is 4.85. The molecule has 2 aliphatic rings. The Labute approximate surface area is 118 Å². The molecule has 1 aliphatic carbocycles. The van der Waals surface area contributed by atoms with E-state index in [-0.39, 0.29) is 0 Å². The zero-order valence-electron chi connectivity index (χ0n) is 11.8. The van der Waals surface area contributed by atoms with E-state index in [2.05, 4.69) is 29.4 Å². The van der Waals surface area contributed by atoms with Crippen molar-refractivity contribution in [3.63, 3.8) is 0 Å². The molecule has 0 radical (unpaired) electrons. The van der Waals surface area contributed by atoms with Crippen molar-refractivity contribution in [2.75, 3.05) is 19.8 Å². The minimum absolute atomic E-state index is 0.635. The molecule has 0 atom stereocenters. The van der Waals surface area contributed by atoms with Crippen LogP contribution in [0.25, 0.3) is 10.9 Å². The lowest BCUT2D eigenvalue weighted by atomic mass is 10.1. The molecule has 4 rings (SSSR count). The lowest BCUT2D eigenvalue weighted by molar-refractivity contribution is 0.172. The van der Waals surface area contributed by atoms with Crippen LogP contribution in [0.4, 0.5) is 0 Å². The van der Waals surface area contributed by atoms with Crippen molar-refractivity contribution >= 4 is 10.9 Å². The van der Waals surface area contributed by atoms with E-state index in [1.54, 1.807) is 0 Å². The molecule has 4 nitrogen and oxygen atoms in total. The van der Waals surface area contributed by atoms with E-state index in [1.165, 1.54) is 29.5 Å². The molecule has 1 aromatic heterocycles. The molecule has 2 aromatic rings. The number of fused-ring (bicyclic) bond motifs is 2. The fraction of sp³-hybridized carbons (Fsp3) is 0.500. The van der Waals surface area contributed by atoms with Crippen molar-refractivity contribution in [3.8, 4) is 11.5 Å². The van der Waals surface area contributed by atoms with E-state index in [0.29, 0.717) is 13.2 Å². The molecule has 1 aliphatic heterocycles. The first kappa shape index (κ1) is 12.1. The number of benzene rings is 1. The summed E-state index contributed by atoms with van der Waals surface area (Å²) < 4.78 is 11.3. The monoisotopic (exact) mass is 272 g/mol. The third kappa shape index (κ3) is 2.14. The number of aromatic amines is 1. The average Bonchev–Trinajstić information content (AvgIpc) is 3.22. The second kappa shape index (κ2) is 4.70. The maximum Gasteiger partial charge on any atom is 0.163 e. The second-order valence-corrected chi connectivity index (χ2v) is 5.75. The minimum Gasteiger partial charge on any atom is -0.486 e. The summed E-state index contributed by atoms with van der Waals surface area (Å²) in [7, 11) is 0. The maximum atomic E-state index is 5.69. The average molecular weight is 272 g/mol. The smallest absolute Gasteiger partial charge is 0.163 e. The number of ether oxygens (including phenoxy) is 2. The molecule has 106 valence electrons. The zero-order valence-corrected chi connectivity index (χ0v) is 11.8. The van der Waals surface area contributed by atoms with Crippen LogP contribution in [-0.4, -0.2) is 30.8 Å². The molecule has 0 spiro atoms. The van der Waals surface area contributed by atoms with Gasteiger partial charge < -0.3 is 19.8 Å². The molecule has 2 heterocycles. The Bertz CT molecular complexity index is 643. The van der Waals surface area contributed by atoms with E-state index >= 15 is 0 Å². The lowest BCUT2D eigenvalue weighted by Gasteiger charge is -2.18. The van der Waals surface area contributed by atoms with Gasteiger partial charge in [0.25, 0.3) is 0 Å². The van der Waals surface area contributed by atoms with E-state index in [0.717, 1.165) is 36.0 Å². The normalized spacial score (nSPS) is 17.6. The first-order valence-corrected chi connectivity index (χ1v) is 7.45. The van der Waals surface area contributed by atoms with E-state index in [9.17, 15) is 0 Å². The van der Waals surface area contributed by atoms with Gasteiger partial charge in [-0.25, -0.2) is 0 Å². The predicted octanol–water partition coefficient (Wildman–Crippen LogP) is 2.54. The third-order valence-electron chi connectivity index (χ3n) is 4.17. The van der Waals surface area contributed by atoms with E-state index < -0.39 is 0 Å². The molecule has 0 unspecified atom stereocenters. The quantitative estimate of drug-likeness (QED) is 0.899. The van der Waals surface area contributed by atoms with Crippen molar-refractivity contribution in [1.29, 1.82) is 0 Å². The maximum absolute atomic E-state index is 5.69. The fourth-order valence-corrected chi connectivity index (χ4v) is 2.93. The van der Waals surface area contributed by atoms with Crippen LogP contribution in [-0.2, 0) is 6.42 Å². The molecule has 20 heavy (non-hydrogen) atoms. The number of hydrogen-bond acceptors (Lipinski definition) is 3. The van der Waals surface area contributed by atoms with Crippen molar-refractivity contribution < 1.29 is 9.47 Å². The second-order valence-electron chi connectivity index (χ2n) is 5.75. The van der Waals surface area contributed by atoms with Gasteiger partial charge in [0.05, 0.1) is 0 Å². The first-order valence-electron chi connectivity index (χ1n) is 7.45. The summed E-state index contributed by atoms with van der Waals surface area (Å²) in [5.41, 5.74) is 3.79. The molecule has 2 N–H and O–H groups in total. The van der Waals surface area contributed by atoms with Crippen LogP contribution in [0.2, 0.25) is 0 Å². The molecule has 0 saturated heterocycles. The lowest BCUT2D eigenvalue weighted by Crippen LogP contribution is -2.19. The van der Waals surface area contributed by atoms with Gasteiger partial charge in [0.2, 0.25) is 0 Å². The molecule has 0 amide bonds. The van der Waals surface area contributed by atoms with Gasteiger partial charge in [-0.3, -0.25) is 0 Å². The van der Waals surface area contributed by atoms with Gasteiger partial charge in [0.15, 0.2) is 11.5 Å². The topological polar surface area (TPSA) is 46.3 Å². The zero-order chi connectivity index (χ0) is 13.5. The largest absolute Gasteiger partial charge is 0.486 e. The summed E-state index contributed by atoms with van der Waals surface area (Å²) >= 11 is 0. The SMILES string of the molecule is Cc1[nH]c2cc3c(cc2c1CCNC1CC1)OCCO3. The third-order valence-corrected chi connectivity index (χ3v) is 4.17. The Morgan fingerprint density at radius 1 is 1.20 bits per heavy atom. The van der Waals surface area contributed by atoms with E-state index in [4.69, 9.17) is 9.47 Å². The Balaban J connectivity index is 1.65. The number of hydrogen-bond donors (Lipinski definition) is 2. The molecule has 4 heteroatoms. The Morgan fingerprint density at radius 3 is 2.70 bits per heavy atom. The van der Waals surface area contributed by atoms with Gasteiger partial charge in [0.1, 0.15) is 13.2 Å². The highest BCUT2D eigenvalue weighted by Crippen LogP contribution is 2.36. The van der Waals surface area contributed by atoms with Gasteiger partial charge in [-0.15, -0.1) is 0 Å². The Kier molecular flexibility index (Phi) is 2.84. The summed E-state index contributed by atoms with van der Waals surface area (Å²) in [4.78, 5) is 3.47. The number of aromatic nitrogens is 1. The van der Waals surface area contributed by atoms with Crippen LogP contribution in [0, 0.1) is 6.92 Å². The molecule has 1 aromatic carbocycles. The minimum atomic E-state index is 0.635. The van der Waals surface area contributed by atoms with Crippen LogP contribution in [0.3, 0.4) is 0 Å². The molecular formula is C16H20N2O2. The number of nitrogens with one attached hydrogen (secondary N) is 2. The molecular weight excluding hydrogens is 252 g/mol. The molecule has 0 bridgehead atoms. The van der Waals surface area contributed by atoms with Gasteiger partial charge in [0, 0.05) is 28.7 Å². The van der Waals surface area contributed by atoms with Crippen LogP contribution in [0.5, 0.6) is 11.5 Å². The van der Waals surface area contributed by atoms with Crippen LogP contribution < -0.4 is 14.8 Å². The summed E-state index contributed by atoms with van der Waals surface area (Å²) in [6, 6.07) is 4.96. The van der Waals surface area contributed by atoms with Gasteiger partial charge in [-0.05, 0) is 44.4 Å². The highest BCUT2D eigenvalue weighted by Gasteiger charge is 2.21. The summed E-state index contributed by atoms with van der Waals surface area (Å²) in [6.07, 6.45) is 3.74. The number of H-pyrrole nitrogens is 1. The molecule has 1 fully saturated rings. The number of aryl methyl sites for hydroxylation is 1. The van der Waals surface area contributed by atoms with Crippen molar-refractivity contribution in [2.24, 2.45) is 0 Å². The summed E-state index contributed by atoms with van der Waals surface area (Å²) in [5.74, 6) is 1.73. The number of rotatable bonds is 4. The predicted molar refractivity (Wildman–Crippen MR) is 78.8 cm³/mol. The standard InChI is InChI=1S/C16H20N2O2/c1-10-12(4-5-17-11-2-3-11)13-8-15-16(9-14(13)18-10)20-7-6-19-15/h8-9,11,17-18H,2-7H2,1H3. The van der Waals surface area contributed by atoms with Crippen molar-refractivity contribution in [1.82, 2.24) is 10.3 Å². The highest BCUT2D eigenvalue weighted by atomic mass is 16.6. The van der Waals surface area contributed by atoms with Gasteiger partial charge >= 0.3 is 0 Å². The van der Waals surface area contributed by atoms with E-state index in [1.807, 2.05) is 0 Å². The molecule has 1 saturated carbocycles. The van der Waals surface area contributed by atoms with Crippen LogP contribution >= 0.6 is 0 Å². The van der Waals surface area contributed by atoms with Crippen molar-refractivity contribution in [2.45, 2.75) is 32.2 Å². The van der Waals surface area contributed by atoms with Crippen molar-refractivity contribution in [3.05, 3.63) is 23.4 Å².